The third kappa shape index (κ3) is 9.70. The molecule has 0 radical (unpaired) electrons. The minimum atomic E-state index is -4.52. The third-order valence-electron chi connectivity index (χ3n) is 5.08. The summed E-state index contributed by atoms with van der Waals surface area (Å²) in [7, 11) is 0. The highest BCUT2D eigenvalue weighted by Crippen LogP contribution is 2.37. The first-order valence-corrected chi connectivity index (χ1v) is 13.3. The van der Waals surface area contributed by atoms with Crippen LogP contribution in [0.5, 0.6) is 11.5 Å². The Hall–Kier alpha value is -3.38. The highest BCUT2D eigenvalue weighted by atomic mass is 79.9. The van der Waals surface area contributed by atoms with Crippen LogP contribution in [0, 0.1) is 0 Å². The molecule has 0 aromatic heterocycles. The number of hydrogen-bond donors (Lipinski definition) is 2. The van der Waals surface area contributed by atoms with Gasteiger partial charge in [0.1, 0.15) is 6.61 Å². The molecule has 0 atom stereocenters. The van der Waals surface area contributed by atoms with E-state index in [-0.39, 0.29) is 18.5 Å². The number of benzene rings is 3. The molecule has 0 heterocycles. The SMILES string of the molecule is CCOc1cc(C=NNC(=O)CCC(=O)Nc2cccc(C(F)(F)F)c2)cc(Br)c1OCc1ccc(Br)cc1. The number of hydrogen-bond acceptors (Lipinski definition) is 5. The topological polar surface area (TPSA) is 89.0 Å². The summed E-state index contributed by atoms with van der Waals surface area (Å²) in [6, 6.07) is 15.5. The maximum Gasteiger partial charge on any atom is 0.416 e. The largest absolute Gasteiger partial charge is 0.490 e. The smallest absolute Gasteiger partial charge is 0.416 e. The number of carbonyl (C=O) groups excluding carboxylic acids is 2. The fourth-order valence-electron chi connectivity index (χ4n) is 3.26. The van der Waals surface area contributed by atoms with Crippen LogP contribution in [0.2, 0.25) is 0 Å². The van der Waals surface area contributed by atoms with Gasteiger partial charge in [-0.2, -0.15) is 18.3 Å². The van der Waals surface area contributed by atoms with Gasteiger partial charge in [-0.1, -0.05) is 34.1 Å². The van der Waals surface area contributed by atoms with Gasteiger partial charge < -0.3 is 14.8 Å². The summed E-state index contributed by atoms with van der Waals surface area (Å²) in [6.45, 7) is 2.58. The monoisotopic (exact) mass is 669 g/mol. The van der Waals surface area contributed by atoms with Gasteiger partial charge in [0.05, 0.1) is 22.9 Å². The van der Waals surface area contributed by atoms with Gasteiger partial charge in [-0.25, -0.2) is 5.43 Å². The Morgan fingerprint density at radius 2 is 1.69 bits per heavy atom. The summed E-state index contributed by atoms with van der Waals surface area (Å²) in [5.74, 6) is -0.128. The van der Waals surface area contributed by atoms with Crippen molar-refractivity contribution >= 4 is 55.6 Å². The van der Waals surface area contributed by atoms with Crippen molar-refractivity contribution in [2.75, 3.05) is 11.9 Å². The van der Waals surface area contributed by atoms with Crippen molar-refractivity contribution in [3.63, 3.8) is 0 Å². The molecule has 0 fully saturated rings. The lowest BCUT2D eigenvalue weighted by molar-refractivity contribution is -0.137. The van der Waals surface area contributed by atoms with Crippen LogP contribution in [0.4, 0.5) is 18.9 Å². The Morgan fingerprint density at radius 1 is 0.974 bits per heavy atom. The van der Waals surface area contributed by atoms with Gasteiger partial charge in [-0.05, 0) is 76.4 Å². The van der Waals surface area contributed by atoms with Crippen LogP contribution in [-0.2, 0) is 22.4 Å². The van der Waals surface area contributed by atoms with Crippen molar-refractivity contribution < 1.29 is 32.2 Å². The van der Waals surface area contributed by atoms with E-state index in [1.807, 2.05) is 31.2 Å². The van der Waals surface area contributed by atoms with Crippen molar-refractivity contribution in [1.82, 2.24) is 5.43 Å². The third-order valence-corrected chi connectivity index (χ3v) is 6.20. The number of alkyl halides is 3. The number of nitrogens with zero attached hydrogens (tertiary/aromatic N) is 1. The maximum atomic E-state index is 12.8. The number of hydrazone groups is 1. The predicted molar refractivity (Wildman–Crippen MR) is 149 cm³/mol. The molecule has 3 aromatic carbocycles. The van der Waals surface area contributed by atoms with Crippen LogP contribution < -0.4 is 20.2 Å². The first-order valence-electron chi connectivity index (χ1n) is 11.7. The lowest BCUT2D eigenvalue weighted by atomic mass is 10.2. The Morgan fingerprint density at radius 3 is 2.38 bits per heavy atom. The van der Waals surface area contributed by atoms with Gasteiger partial charge in [0.2, 0.25) is 11.8 Å². The molecular formula is C27H24Br2F3N3O4. The van der Waals surface area contributed by atoms with Crippen LogP contribution in [0.25, 0.3) is 0 Å². The van der Waals surface area contributed by atoms with Crippen LogP contribution in [0.15, 0.2) is 74.7 Å². The summed E-state index contributed by atoms with van der Waals surface area (Å²) in [5.41, 5.74) is 3.03. The van der Waals surface area contributed by atoms with Gasteiger partial charge in [0.15, 0.2) is 11.5 Å². The van der Waals surface area contributed by atoms with Crippen molar-refractivity contribution in [3.05, 3.63) is 86.3 Å². The average molecular weight is 671 g/mol. The average Bonchev–Trinajstić information content (AvgIpc) is 2.88. The molecule has 206 valence electrons. The number of nitrogens with one attached hydrogen (secondary N) is 2. The zero-order valence-electron chi connectivity index (χ0n) is 20.6. The van der Waals surface area contributed by atoms with E-state index in [4.69, 9.17) is 9.47 Å². The minimum Gasteiger partial charge on any atom is -0.490 e. The van der Waals surface area contributed by atoms with Crippen LogP contribution >= 0.6 is 31.9 Å². The zero-order chi connectivity index (χ0) is 28.4. The molecule has 2 amide bonds. The van der Waals surface area contributed by atoms with Gasteiger partial charge in [0.25, 0.3) is 0 Å². The molecule has 3 rings (SSSR count). The maximum absolute atomic E-state index is 12.8. The molecule has 7 nitrogen and oxygen atoms in total. The lowest BCUT2D eigenvalue weighted by Gasteiger charge is -2.14. The fraction of sp³-hybridized carbons (Fsp3) is 0.222. The van der Waals surface area contributed by atoms with Crippen molar-refractivity contribution in [2.24, 2.45) is 5.10 Å². The van der Waals surface area contributed by atoms with Gasteiger partial charge in [-0.3, -0.25) is 9.59 Å². The first-order chi connectivity index (χ1) is 18.5. The molecule has 0 aliphatic heterocycles. The van der Waals surface area contributed by atoms with Crippen molar-refractivity contribution in [3.8, 4) is 11.5 Å². The van der Waals surface area contributed by atoms with E-state index in [1.165, 1.54) is 18.3 Å². The normalized spacial score (nSPS) is 11.3. The highest BCUT2D eigenvalue weighted by Gasteiger charge is 2.30. The molecule has 0 unspecified atom stereocenters. The van der Waals surface area contributed by atoms with Crippen LogP contribution in [0.1, 0.15) is 36.5 Å². The zero-order valence-corrected chi connectivity index (χ0v) is 23.8. The molecule has 0 saturated heterocycles. The minimum absolute atomic E-state index is 0.00630. The van der Waals surface area contributed by atoms with Gasteiger partial charge >= 0.3 is 6.18 Å². The van der Waals surface area contributed by atoms with Crippen molar-refractivity contribution in [1.29, 1.82) is 0 Å². The molecule has 3 aromatic rings. The molecule has 39 heavy (non-hydrogen) atoms. The second kappa shape index (κ2) is 14.1. The number of amides is 2. The van der Waals surface area contributed by atoms with Gasteiger partial charge in [0, 0.05) is 23.0 Å². The molecule has 0 saturated carbocycles. The number of ether oxygens (including phenoxy) is 2. The van der Waals surface area contributed by atoms with E-state index in [9.17, 15) is 22.8 Å². The predicted octanol–water partition coefficient (Wildman–Crippen LogP) is 7.08. The lowest BCUT2D eigenvalue weighted by Crippen LogP contribution is -2.20. The molecule has 0 aliphatic carbocycles. The summed E-state index contributed by atoms with van der Waals surface area (Å²) < 4.78 is 51.7. The van der Waals surface area contributed by atoms with E-state index in [1.54, 1.807) is 12.1 Å². The van der Waals surface area contributed by atoms with Crippen LogP contribution in [0.3, 0.4) is 0 Å². The Bertz CT molecular complexity index is 1330. The summed E-state index contributed by atoms with van der Waals surface area (Å²) in [6.07, 6.45) is -3.56. The summed E-state index contributed by atoms with van der Waals surface area (Å²) in [5, 5.41) is 6.27. The standard InChI is InChI=1S/C27H24Br2F3N3O4/c1-2-38-23-13-18(12-22(29)26(23)39-16-17-6-8-20(28)9-7-17)15-33-35-25(37)11-10-24(36)34-21-5-3-4-19(14-21)27(30,31)32/h3-9,12-15H,2,10-11,16H2,1H3,(H,34,36)(H,35,37). The van der Waals surface area contributed by atoms with E-state index in [2.05, 4.69) is 47.7 Å². The Kier molecular flexibility index (Phi) is 10.9. The van der Waals surface area contributed by atoms with E-state index >= 15 is 0 Å². The Labute approximate surface area is 240 Å². The van der Waals surface area contributed by atoms with Gasteiger partial charge in [-0.15, -0.1) is 0 Å². The summed E-state index contributed by atoms with van der Waals surface area (Å²) >= 11 is 6.89. The molecule has 0 aliphatic rings. The summed E-state index contributed by atoms with van der Waals surface area (Å²) in [4.78, 5) is 24.2. The molecule has 0 spiro atoms. The van der Waals surface area contributed by atoms with E-state index in [0.717, 1.165) is 22.2 Å². The molecule has 0 bridgehead atoms. The van der Waals surface area contributed by atoms with Crippen molar-refractivity contribution in [2.45, 2.75) is 32.5 Å². The van der Waals surface area contributed by atoms with E-state index < -0.39 is 23.6 Å². The highest BCUT2D eigenvalue weighted by molar-refractivity contribution is 9.10. The quantitative estimate of drug-likeness (QED) is 0.169. The molecule has 12 heteroatoms. The molecular weight excluding hydrogens is 647 g/mol. The number of carbonyl (C=O) groups is 2. The second-order valence-corrected chi connectivity index (χ2v) is 9.87. The Balaban J connectivity index is 1.53. The molecule has 2 N–H and O–H groups in total. The number of anilines is 1. The number of rotatable bonds is 11. The van der Waals surface area contributed by atoms with E-state index in [0.29, 0.717) is 34.7 Å². The van der Waals surface area contributed by atoms with Crippen LogP contribution in [-0.4, -0.2) is 24.6 Å². The number of halogens is 5. The first kappa shape index (κ1) is 30.2. The fourth-order valence-corrected chi connectivity index (χ4v) is 4.10. The second-order valence-electron chi connectivity index (χ2n) is 8.10.